The summed E-state index contributed by atoms with van der Waals surface area (Å²) in [6.45, 7) is 10.5. The predicted octanol–water partition coefficient (Wildman–Crippen LogP) is 2.53. The maximum absolute atomic E-state index is 5.36. The van der Waals surface area contributed by atoms with E-state index in [1.54, 1.807) is 14.2 Å². The minimum atomic E-state index is 0.449. The zero-order chi connectivity index (χ0) is 15.6. The van der Waals surface area contributed by atoms with Crippen molar-refractivity contribution in [1.82, 2.24) is 10.2 Å². The van der Waals surface area contributed by atoms with Crippen molar-refractivity contribution < 1.29 is 9.47 Å². The summed E-state index contributed by atoms with van der Waals surface area (Å²) in [5.74, 6) is 0. The molecule has 1 N–H and O–H groups in total. The topological polar surface area (TPSA) is 33.7 Å². The minimum Gasteiger partial charge on any atom is -0.383 e. The standard InChI is InChI=1S/C17H36N2O2/c1-5-10-18-14-17(8-6-7-9-17)15-19(11-12-20-3)16(2)13-21-4/h16,18H,5-15H2,1-4H3. The van der Waals surface area contributed by atoms with Crippen LogP contribution in [0.25, 0.3) is 0 Å². The molecule has 0 aliphatic heterocycles. The molecule has 0 aromatic carbocycles. The summed E-state index contributed by atoms with van der Waals surface area (Å²) < 4.78 is 10.7. The van der Waals surface area contributed by atoms with E-state index in [-0.39, 0.29) is 0 Å². The van der Waals surface area contributed by atoms with Crippen molar-refractivity contribution in [3.63, 3.8) is 0 Å². The van der Waals surface area contributed by atoms with Gasteiger partial charge in [0.05, 0.1) is 13.2 Å². The van der Waals surface area contributed by atoms with E-state index in [9.17, 15) is 0 Å². The van der Waals surface area contributed by atoms with Gasteiger partial charge >= 0.3 is 0 Å². The van der Waals surface area contributed by atoms with E-state index in [1.807, 2.05) is 0 Å². The largest absolute Gasteiger partial charge is 0.383 e. The number of rotatable bonds is 12. The highest BCUT2D eigenvalue weighted by Crippen LogP contribution is 2.38. The summed E-state index contributed by atoms with van der Waals surface area (Å²) in [6, 6.07) is 0.453. The molecule has 1 aliphatic rings. The van der Waals surface area contributed by atoms with Gasteiger partial charge in [-0.15, -0.1) is 0 Å². The van der Waals surface area contributed by atoms with Gasteiger partial charge in [0.15, 0.2) is 0 Å². The lowest BCUT2D eigenvalue weighted by atomic mass is 9.85. The Morgan fingerprint density at radius 2 is 1.90 bits per heavy atom. The Morgan fingerprint density at radius 3 is 2.48 bits per heavy atom. The monoisotopic (exact) mass is 300 g/mol. The second kappa shape index (κ2) is 10.5. The molecule has 1 unspecified atom stereocenters. The van der Waals surface area contributed by atoms with Crippen molar-refractivity contribution in [1.29, 1.82) is 0 Å². The van der Waals surface area contributed by atoms with Gasteiger partial charge in [0.1, 0.15) is 0 Å². The summed E-state index contributed by atoms with van der Waals surface area (Å²) in [6.07, 6.45) is 6.68. The van der Waals surface area contributed by atoms with E-state index >= 15 is 0 Å². The highest BCUT2D eigenvalue weighted by Gasteiger charge is 2.36. The van der Waals surface area contributed by atoms with Crippen LogP contribution in [0.15, 0.2) is 0 Å². The van der Waals surface area contributed by atoms with Gasteiger partial charge in [0.2, 0.25) is 0 Å². The van der Waals surface area contributed by atoms with Crippen LogP contribution in [-0.2, 0) is 9.47 Å². The van der Waals surface area contributed by atoms with E-state index in [0.29, 0.717) is 11.5 Å². The average Bonchev–Trinajstić information content (AvgIpc) is 2.93. The van der Waals surface area contributed by atoms with Crippen molar-refractivity contribution >= 4 is 0 Å². The summed E-state index contributed by atoms with van der Waals surface area (Å²) >= 11 is 0. The van der Waals surface area contributed by atoms with Crippen LogP contribution < -0.4 is 5.32 Å². The van der Waals surface area contributed by atoms with Crippen LogP contribution in [0.3, 0.4) is 0 Å². The fourth-order valence-electron chi connectivity index (χ4n) is 3.49. The number of nitrogens with one attached hydrogen (secondary N) is 1. The second-order valence-corrected chi connectivity index (χ2v) is 6.65. The minimum absolute atomic E-state index is 0.449. The first-order valence-corrected chi connectivity index (χ1v) is 8.60. The van der Waals surface area contributed by atoms with Gasteiger partial charge in [0.25, 0.3) is 0 Å². The van der Waals surface area contributed by atoms with Gasteiger partial charge in [-0.3, -0.25) is 4.90 Å². The van der Waals surface area contributed by atoms with Crippen molar-refractivity contribution in [2.75, 3.05) is 53.6 Å². The normalized spacial score (nSPS) is 19.3. The van der Waals surface area contributed by atoms with Gasteiger partial charge in [0, 0.05) is 39.9 Å². The van der Waals surface area contributed by atoms with E-state index in [0.717, 1.165) is 39.4 Å². The van der Waals surface area contributed by atoms with Crippen LogP contribution in [0.5, 0.6) is 0 Å². The molecule has 0 saturated heterocycles. The molecule has 4 heteroatoms. The number of hydrogen-bond donors (Lipinski definition) is 1. The lowest BCUT2D eigenvalue weighted by Gasteiger charge is -2.38. The molecule has 0 spiro atoms. The van der Waals surface area contributed by atoms with Crippen molar-refractivity contribution in [3.8, 4) is 0 Å². The molecule has 1 rings (SSSR count). The van der Waals surface area contributed by atoms with E-state index < -0.39 is 0 Å². The Morgan fingerprint density at radius 1 is 1.19 bits per heavy atom. The van der Waals surface area contributed by atoms with Gasteiger partial charge in [-0.05, 0) is 38.1 Å². The van der Waals surface area contributed by atoms with Crippen LogP contribution in [-0.4, -0.2) is 64.6 Å². The summed E-state index contributed by atoms with van der Waals surface area (Å²) in [4.78, 5) is 2.56. The lowest BCUT2D eigenvalue weighted by molar-refractivity contribution is 0.0438. The smallest absolute Gasteiger partial charge is 0.0615 e. The van der Waals surface area contributed by atoms with Gasteiger partial charge in [-0.1, -0.05) is 19.8 Å². The molecule has 21 heavy (non-hydrogen) atoms. The van der Waals surface area contributed by atoms with E-state index in [1.165, 1.54) is 32.1 Å². The fraction of sp³-hybridized carbons (Fsp3) is 1.00. The predicted molar refractivity (Wildman–Crippen MR) is 88.8 cm³/mol. The van der Waals surface area contributed by atoms with Crippen LogP contribution in [0.4, 0.5) is 0 Å². The second-order valence-electron chi connectivity index (χ2n) is 6.65. The van der Waals surface area contributed by atoms with Crippen molar-refractivity contribution in [2.45, 2.75) is 52.0 Å². The quantitative estimate of drug-likeness (QED) is 0.562. The molecule has 1 aliphatic carbocycles. The van der Waals surface area contributed by atoms with Gasteiger partial charge in [-0.25, -0.2) is 0 Å². The lowest BCUT2D eigenvalue weighted by Crippen LogP contribution is -2.48. The summed E-state index contributed by atoms with van der Waals surface area (Å²) in [7, 11) is 3.58. The molecular formula is C17H36N2O2. The first-order valence-electron chi connectivity index (χ1n) is 8.60. The van der Waals surface area contributed by atoms with Crippen molar-refractivity contribution in [2.24, 2.45) is 5.41 Å². The highest BCUT2D eigenvalue weighted by molar-refractivity contribution is 4.90. The Labute approximate surface area is 131 Å². The molecule has 0 bridgehead atoms. The van der Waals surface area contributed by atoms with Crippen molar-refractivity contribution in [3.05, 3.63) is 0 Å². The van der Waals surface area contributed by atoms with Crippen LogP contribution in [0.2, 0.25) is 0 Å². The van der Waals surface area contributed by atoms with Crippen LogP contribution >= 0.6 is 0 Å². The van der Waals surface area contributed by atoms with E-state index in [2.05, 4.69) is 24.1 Å². The third-order valence-electron chi connectivity index (χ3n) is 4.74. The number of nitrogens with zero attached hydrogens (tertiary/aromatic N) is 1. The summed E-state index contributed by atoms with van der Waals surface area (Å²) in [5, 5.41) is 3.66. The number of hydrogen-bond acceptors (Lipinski definition) is 4. The molecule has 1 fully saturated rings. The average molecular weight is 300 g/mol. The molecule has 0 aromatic rings. The molecule has 0 amide bonds. The zero-order valence-electron chi connectivity index (χ0n) is 14.6. The first-order chi connectivity index (χ1) is 10.2. The molecular weight excluding hydrogens is 264 g/mol. The number of methoxy groups -OCH3 is 2. The fourth-order valence-corrected chi connectivity index (χ4v) is 3.49. The molecule has 0 radical (unpaired) electrons. The highest BCUT2D eigenvalue weighted by atomic mass is 16.5. The Kier molecular flexibility index (Phi) is 9.49. The SMILES string of the molecule is CCCNCC1(CN(CCOC)C(C)COC)CCCC1. The van der Waals surface area contributed by atoms with Crippen LogP contribution in [0.1, 0.15) is 46.0 Å². The molecule has 4 nitrogen and oxygen atoms in total. The van der Waals surface area contributed by atoms with Gasteiger partial charge < -0.3 is 14.8 Å². The zero-order valence-corrected chi connectivity index (χ0v) is 14.6. The summed E-state index contributed by atoms with van der Waals surface area (Å²) in [5.41, 5.74) is 0.449. The molecule has 0 aromatic heterocycles. The van der Waals surface area contributed by atoms with Gasteiger partial charge in [-0.2, -0.15) is 0 Å². The molecule has 1 atom stereocenters. The molecule has 1 saturated carbocycles. The maximum atomic E-state index is 5.36. The third-order valence-corrected chi connectivity index (χ3v) is 4.74. The molecule has 126 valence electrons. The maximum Gasteiger partial charge on any atom is 0.0615 e. The third kappa shape index (κ3) is 6.64. The Hall–Kier alpha value is -0.160. The first kappa shape index (κ1) is 18.9. The Bertz CT molecular complexity index is 255. The van der Waals surface area contributed by atoms with Crippen LogP contribution in [0, 0.1) is 5.41 Å². The molecule has 0 heterocycles. The Balaban J connectivity index is 2.61. The number of ether oxygens (including phenoxy) is 2. The van der Waals surface area contributed by atoms with E-state index in [4.69, 9.17) is 9.47 Å².